The summed E-state index contributed by atoms with van der Waals surface area (Å²) in [6, 6.07) is 14.5. The Morgan fingerprint density at radius 2 is 1.65 bits per heavy atom. The van der Waals surface area contributed by atoms with Crippen LogP contribution >= 0.6 is 0 Å². The molecule has 1 heterocycles. The molecular weight excluding hydrogens is 436 g/mol. The summed E-state index contributed by atoms with van der Waals surface area (Å²) in [6.45, 7) is 5.85. The molecule has 34 heavy (non-hydrogen) atoms. The third-order valence-electron chi connectivity index (χ3n) is 6.40. The molecule has 0 aromatic heterocycles. The lowest BCUT2D eigenvalue weighted by molar-refractivity contribution is -0.148. The molecule has 1 fully saturated rings. The van der Waals surface area contributed by atoms with E-state index in [0.29, 0.717) is 6.42 Å². The van der Waals surface area contributed by atoms with Crippen molar-refractivity contribution in [1.29, 1.82) is 0 Å². The van der Waals surface area contributed by atoms with Crippen LogP contribution in [0.15, 0.2) is 48.5 Å². The van der Waals surface area contributed by atoms with Gasteiger partial charge in [0.1, 0.15) is 12.6 Å². The molecule has 4 rings (SSSR count). The normalized spacial score (nSPS) is 20.2. The highest BCUT2D eigenvalue weighted by Gasteiger charge is 2.40. The van der Waals surface area contributed by atoms with E-state index in [4.69, 9.17) is 9.47 Å². The van der Waals surface area contributed by atoms with Crippen molar-refractivity contribution in [2.45, 2.75) is 51.3 Å². The molecule has 0 bridgehead atoms. The zero-order valence-electron chi connectivity index (χ0n) is 19.5. The van der Waals surface area contributed by atoms with Gasteiger partial charge < -0.3 is 25.2 Å². The summed E-state index contributed by atoms with van der Waals surface area (Å²) in [5.74, 6) is -1.69. The van der Waals surface area contributed by atoms with Gasteiger partial charge in [-0.1, -0.05) is 69.3 Å². The van der Waals surface area contributed by atoms with E-state index in [1.54, 1.807) is 0 Å². The van der Waals surface area contributed by atoms with Gasteiger partial charge in [-0.15, -0.1) is 0 Å². The van der Waals surface area contributed by atoms with E-state index < -0.39 is 41.6 Å². The summed E-state index contributed by atoms with van der Waals surface area (Å²) >= 11 is 0. The van der Waals surface area contributed by atoms with Gasteiger partial charge in [-0.3, -0.25) is 4.79 Å². The molecule has 1 aliphatic heterocycles. The molecule has 2 aromatic rings. The van der Waals surface area contributed by atoms with Gasteiger partial charge in [-0.05, 0) is 34.1 Å². The Morgan fingerprint density at radius 1 is 1.06 bits per heavy atom. The number of carbonyl (C=O) groups is 3. The summed E-state index contributed by atoms with van der Waals surface area (Å²) in [6.07, 6.45) is -1.40. The molecule has 180 valence electrons. The van der Waals surface area contributed by atoms with Crippen molar-refractivity contribution in [3.05, 3.63) is 59.7 Å². The Hall–Kier alpha value is -3.39. The van der Waals surface area contributed by atoms with Crippen LogP contribution in [-0.4, -0.2) is 54.5 Å². The Bertz CT molecular complexity index is 1050. The highest BCUT2D eigenvalue weighted by atomic mass is 16.5. The number of fused-ring (bicyclic) bond motifs is 3. The maximum Gasteiger partial charge on any atom is 0.407 e. The molecule has 3 N–H and O–H groups in total. The average molecular weight is 467 g/mol. The molecule has 2 aromatic carbocycles. The second-order valence-electron chi connectivity index (χ2n) is 9.80. The standard InChI is InChI=1S/C26H30N2O6/c1-26(2,3)22(23(29)27-20-12-13-33-21(20)24(30)31)28-25(32)34-14-19-17-10-6-4-8-15(17)16-9-5-7-11-18(16)19/h4-11,19-22H,12-14H2,1-3H3,(H,27,29)(H,28,32)(H,30,31)/t20-,21+,22+/m1/s1. The van der Waals surface area contributed by atoms with Crippen LogP contribution in [0.2, 0.25) is 0 Å². The van der Waals surface area contributed by atoms with Gasteiger partial charge in [0.25, 0.3) is 0 Å². The van der Waals surface area contributed by atoms with Crippen LogP contribution in [0.25, 0.3) is 11.1 Å². The van der Waals surface area contributed by atoms with Gasteiger partial charge in [0.15, 0.2) is 6.10 Å². The van der Waals surface area contributed by atoms with E-state index in [1.807, 2.05) is 57.2 Å². The number of hydrogen-bond acceptors (Lipinski definition) is 5. The van der Waals surface area contributed by atoms with Crippen molar-refractivity contribution < 1.29 is 29.0 Å². The number of hydrogen-bond donors (Lipinski definition) is 3. The predicted molar refractivity (Wildman–Crippen MR) is 125 cm³/mol. The third kappa shape index (κ3) is 4.77. The van der Waals surface area contributed by atoms with Crippen molar-refractivity contribution in [3.8, 4) is 11.1 Å². The van der Waals surface area contributed by atoms with Gasteiger partial charge >= 0.3 is 12.1 Å². The smallest absolute Gasteiger partial charge is 0.407 e. The van der Waals surface area contributed by atoms with E-state index in [0.717, 1.165) is 22.3 Å². The fourth-order valence-electron chi connectivity index (χ4n) is 4.68. The van der Waals surface area contributed by atoms with E-state index in [-0.39, 0.29) is 19.1 Å². The van der Waals surface area contributed by atoms with Gasteiger partial charge in [0.05, 0.1) is 6.04 Å². The van der Waals surface area contributed by atoms with Crippen LogP contribution in [0.4, 0.5) is 4.79 Å². The van der Waals surface area contributed by atoms with Crippen LogP contribution < -0.4 is 10.6 Å². The highest BCUT2D eigenvalue weighted by Crippen LogP contribution is 2.44. The van der Waals surface area contributed by atoms with Crippen molar-refractivity contribution in [2.24, 2.45) is 5.41 Å². The first-order valence-electron chi connectivity index (χ1n) is 11.4. The molecule has 0 saturated carbocycles. The van der Waals surface area contributed by atoms with E-state index >= 15 is 0 Å². The number of amides is 2. The maximum absolute atomic E-state index is 13.0. The van der Waals surface area contributed by atoms with Crippen molar-refractivity contribution in [1.82, 2.24) is 10.6 Å². The van der Waals surface area contributed by atoms with Gasteiger partial charge in [0.2, 0.25) is 5.91 Å². The lowest BCUT2D eigenvalue weighted by atomic mass is 9.86. The highest BCUT2D eigenvalue weighted by molar-refractivity contribution is 5.87. The quantitative estimate of drug-likeness (QED) is 0.602. The number of nitrogens with one attached hydrogen (secondary N) is 2. The van der Waals surface area contributed by atoms with Crippen molar-refractivity contribution in [2.75, 3.05) is 13.2 Å². The number of carbonyl (C=O) groups excluding carboxylic acids is 2. The number of carboxylic acid groups (broad SMARTS) is 1. The number of aliphatic carboxylic acids is 1. The summed E-state index contributed by atoms with van der Waals surface area (Å²) in [5, 5.41) is 14.7. The summed E-state index contributed by atoms with van der Waals surface area (Å²) < 4.78 is 10.8. The molecule has 0 radical (unpaired) electrons. The molecule has 1 aliphatic carbocycles. The first-order valence-corrected chi connectivity index (χ1v) is 11.4. The zero-order chi connectivity index (χ0) is 24.5. The third-order valence-corrected chi connectivity index (χ3v) is 6.40. The molecule has 0 spiro atoms. The molecule has 8 heteroatoms. The average Bonchev–Trinajstić information content (AvgIpc) is 3.38. The van der Waals surface area contributed by atoms with Crippen LogP contribution in [0, 0.1) is 5.41 Å². The molecule has 2 aliphatic rings. The van der Waals surface area contributed by atoms with Gasteiger partial charge in [-0.2, -0.15) is 0 Å². The first-order chi connectivity index (χ1) is 16.2. The minimum absolute atomic E-state index is 0.0907. The second kappa shape index (κ2) is 9.46. The summed E-state index contributed by atoms with van der Waals surface area (Å²) in [5.41, 5.74) is 3.83. The van der Waals surface area contributed by atoms with E-state index in [1.165, 1.54) is 0 Å². The fourth-order valence-corrected chi connectivity index (χ4v) is 4.68. The number of benzene rings is 2. The van der Waals surface area contributed by atoms with E-state index in [2.05, 4.69) is 22.8 Å². The topological polar surface area (TPSA) is 114 Å². The molecular formula is C26H30N2O6. The number of carboxylic acids is 1. The first kappa shape index (κ1) is 23.8. The van der Waals surface area contributed by atoms with Crippen LogP contribution in [-0.2, 0) is 19.1 Å². The van der Waals surface area contributed by atoms with Crippen LogP contribution in [0.3, 0.4) is 0 Å². The summed E-state index contributed by atoms with van der Waals surface area (Å²) in [7, 11) is 0. The maximum atomic E-state index is 13.0. The minimum Gasteiger partial charge on any atom is -0.479 e. The van der Waals surface area contributed by atoms with E-state index in [9.17, 15) is 19.5 Å². The molecule has 1 saturated heterocycles. The fraction of sp³-hybridized carbons (Fsp3) is 0.423. The Balaban J connectivity index is 1.42. The second-order valence-corrected chi connectivity index (χ2v) is 9.80. The largest absolute Gasteiger partial charge is 0.479 e. The molecule has 2 amide bonds. The summed E-state index contributed by atoms with van der Waals surface area (Å²) in [4.78, 5) is 37.1. The van der Waals surface area contributed by atoms with Crippen molar-refractivity contribution >= 4 is 18.0 Å². The lowest BCUT2D eigenvalue weighted by Crippen LogP contribution is -2.57. The minimum atomic E-state index is -1.13. The lowest BCUT2D eigenvalue weighted by Gasteiger charge is -2.31. The Labute approximate surface area is 198 Å². The monoisotopic (exact) mass is 466 g/mol. The number of ether oxygens (including phenoxy) is 2. The van der Waals surface area contributed by atoms with Gasteiger partial charge in [-0.25, -0.2) is 9.59 Å². The Morgan fingerprint density at radius 3 is 2.21 bits per heavy atom. The number of alkyl carbamates (subject to hydrolysis) is 1. The van der Waals surface area contributed by atoms with Gasteiger partial charge in [0, 0.05) is 12.5 Å². The molecule has 0 unspecified atom stereocenters. The predicted octanol–water partition coefficient (Wildman–Crippen LogP) is 3.30. The number of rotatable bonds is 6. The molecule has 3 atom stereocenters. The Kier molecular flexibility index (Phi) is 6.61. The zero-order valence-corrected chi connectivity index (χ0v) is 19.5. The SMILES string of the molecule is CC(C)(C)[C@@H](NC(=O)OCC1c2ccccc2-c2ccccc21)C(=O)N[C@@H]1CCO[C@@H]1C(=O)O. The molecule has 8 nitrogen and oxygen atoms in total. The van der Waals surface area contributed by atoms with Crippen molar-refractivity contribution in [3.63, 3.8) is 0 Å². The van der Waals surface area contributed by atoms with Crippen LogP contribution in [0.1, 0.15) is 44.2 Å². The van der Waals surface area contributed by atoms with Crippen LogP contribution in [0.5, 0.6) is 0 Å².